The quantitative estimate of drug-likeness (QED) is 0.122. The SMILES string of the molecule is CCCCCCCc1ccc(C(=O)Oc2ccc(-c3ncc(CCCCCCC)cn3)c(F)c2)cc1. The number of aromatic nitrogens is 2. The minimum Gasteiger partial charge on any atom is -0.423 e. The highest BCUT2D eigenvalue weighted by Crippen LogP contribution is 2.24. The van der Waals surface area contributed by atoms with Gasteiger partial charge in [0, 0.05) is 18.5 Å². The summed E-state index contributed by atoms with van der Waals surface area (Å²) in [6.07, 6.45) is 17.7. The maximum atomic E-state index is 14.8. The second kappa shape index (κ2) is 15.1. The summed E-state index contributed by atoms with van der Waals surface area (Å²) in [5.41, 5.74) is 3.00. The van der Waals surface area contributed by atoms with Crippen molar-refractivity contribution >= 4 is 5.97 Å². The lowest BCUT2D eigenvalue weighted by Gasteiger charge is -2.08. The van der Waals surface area contributed by atoms with E-state index in [1.165, 1.54) is 63.0 Å². The molecule has 3 aromatic rings. The molecular formula is C31H39FN2O2. The first-order valence-electron chi connectivity index (χ1n) is 13.5. The van der Waals surface area contributed by atoms with Gasteiger partial charge in [0.25, 0.3) is 0 Å². The molecule has 3 rings (SSSR count). The molecule has 0 aliphatic carbocycles. The molecule has 5 heteroatoms. The van der Waals surface area contributed by atoms with Crippen LogP contribution in [0.2, 0.25) is 0 Å². The highest BCUT2D eigenvalue weighted by atomic mass is 19.1. The maximum Gasteiger partial charge on any atom is 0.343 e. The molecule has 0 N–H and O–H groups in total. The predicted molar refractivity (Wildman–Crippen MR) is 144 cm³/mol. The van der Waals surface area contributed by atoms with Crippen LogP contribution < -0.4 is 4.74 Å². The molecule has 0 fully saturated rings. The molecule has 36 heavy (non-hydrogen) atoms. The largest absolute Gasteiger partial charge is 0.423 e. The summed E-state index contributed by atoms with van der Waals surface area (Å²) in [5, 5.41) is 0. The van der Waals surface area contributed by atoms with Crippen molar-refractivity contribution in [1.82, 2.24) is 9.97 Å². The molecule has 0 aliphatic heterocycles. The topological polar surface area (TPSA) is 52.1 Å². The lowest BCUT2D eigenvalue weighted by molar-refractivity contribution is 0.0734. The second-order valence-corrected chi connectivity index (χ2v) is 9.47. The van der Waals surface area contributed by atoms with E-state index in [4.69, 9.17) is 4.74 Å². The van der Waals surface area contributed by atoms with Crippen LogP contribution in [0.3, 0.4) is 0 Å². The van der Waals surface area contributed by atoms with Crippen molar-refractivity contribution in [2.75, 3.05) is 0 Å². The number of carbonyl (C=O) groups is 1. The van der Waals surface area contributed by atoms with Crippen LogP contribution in [-0.4, -0.2) is 15.9 Å². The van der Waals surface area contributed by atoms with Gasteiger partial charge in [0.1, 0.15) is 11.6 Å². The number of nitrogens with zero attached hydrogens (tertiary/aromatic N) is 2. The van der Waals surface area contributed by atoms with Crippen molar-refractivity contribution in [3.63, 3.8) is 0 Å². The van der Waals surface area contributed by atoms with Gasteiger partial charge in [0.05, 0.1) is 11.1 Å². The van der Waals surface area contributed by atoms with E-state index in [9.17, 15) is 9.18 Å². The predicted octanol–water partition coefficient (Wildman–Crippen LogP) is 8.53. The molecule has 192 valence electrons. The number of esters is 1. The van der Waals surface area contributed by atoms with Gasteiger partial charge in [0.15, 0.2) is 5.82 Å². The first-order valence-corrected chi connectivity index (χ1v) is 13.5. The van der Waals surface area contributed by atoms with Gasteiger partial charge in [0.2, 0.25) is 0 Å². The van der Waals surface area contributed by atoms with E-state index in [1.807, 2.05) is 12.1 Å². The second-order valence-electron chi connectivity index (χ2n) is 9.47. The summed E-state index contributed by atoms with van der Waals surface area (Å²) in [7, 11) is 0. The van der Waals surface area contributed by atoms with Crippen molar-refractivity contribution in [3.8, 4) is 17.1 Å². The van der Waals surface area contributed by atoms with Gasteiger partial charge in [-0.25, -0.2) is 19.2 Å². The molecule has 0 unspecified atom stereocenters. The fourth-order valence-corrected chi connectivity index (χ4v) is 4.20. The summed E-state index contributed by atoms with van der Waals surface area (Å²) in [4.78, 5) is 21.2. The minimum absolute atomic E-state index is 0.157. The number of aryl methyl sites for hydroxylation is 2. The van der Waals surface area contributed by atoms with Crippen molar-refractivity contribution in [2.24, 2.45) is 0 Å². The number of rotatable bonds is 15. The summed E-state index contributed by atoms with van der Waals surface area (Å²) >= 11 is 0. The zero-order valence-electron chi connectivity index (χ0n) is 21.8. The number of hydrogen-bond donors (Lipinski definition) is 0. The standard InChI is InChI=1S/C31H39FN2O2/c1-3-5-7-9-11-13-24-15-17-26(18-16-24)31(35)36-27-19-20-28(29(32)21-27)30-33-22-25(23-34-30)14-12-10-8-6-4-2/h15-23H,3-14H2,1-2H3. The lowest BCUT2D eigenvalue weighted by atomic mass is 10.0. The smallest absolute Gasteiger partial charge is 0.343 e. The van der Waals surface area contributed by atoms with E-state index in [0.717, 1.165) is 31.2 Å². The van der Waals surface area contributed by atoms with Gasteiger partial charge in [-0.15, -0.1) is 0 Å². The summed E-state index contributed by atoms with van der Waals surface area (Å²) in [6, 6.07) is 11.8. The summed E-state index contributed by atoms with van der Waals surface area (Å²) in [6.45, 7) is 4.42. The molecule has 4 nitrogen and oxygen atoms in total. The molecule has 0 spiro atoms. The average molecular weight is 491 g/mol. The third-order valence-corrected chi connectivity index (χ3v) is 6.42. The van der Waals surface area contributed by atoms with Crippen LogP contribution in [0.5, 0.6) is 5.75 Å². The van der Waals surface area contributed by atoms with Crippen LogP contribution >= 0.6 is 0 Å². The molecular weight excluding hydrogens is 451 g/mol. The number of carbonyl (C=O) groups excluding carboxylic acids is 1. The van der Waals surface area contributed by atoms with E-state index in [1.54, 1.807) is 36.7 Å². The zero-order valence-corrected chi connectivity index (χ0v) is 21.8. The van der Waals surface area contributed by atoms with E-state index < -0.39 is 11.8 Å². The molecule has 0 radical (unpaired) electrons. The Kier molecular flexibility index (Phi) is 11.6. The van der Waals surface area contributed by atoms with Crippen LogP contribution in [0.25, 0.3) is 11.4 Å². The molecule has 0 bridgehead atoms. The molecule has 0 amide bonds. The van der Waals surface area contributed by atoms with E-state index >= 15 is 0 Å². The third-order valence-electron chi connectivity index (χ3n) is 6.42. The minimum atomic E-state index is -0.522. The molecule has 0 saturated heterocycles. The molecule has 2 aromatic carbocycles. The number of hydrogen-bond acceptors (Lipinski definition) is 4. The number of benzene rings is 2. The Morgan fingerprint density at radius 3 is 1.92 bits per heavy atom. The van der Waals surface area contributed by atoms with Crippen LogP contribution in [0.4, 0.5) is 4.39 Å². The Morgan fingerprint density at radius 1 is 0.750 bits per heavy atom. The van der Waals surface area contributed by atoms with Gasteiger partial charge in [-0.05, 0) is 61.1 Å². The van der Waals surface area contributed by atoms with Crippen molar-refractivity contribution in [3.05, 3.63) is 77.4 Å². The highest BCUT2D eigenvalue weighted by Gasteiger charge is 2.13. The van der Waals surface area contributed by atoms with Crippen LogP contribution in [0.1, 0.15) is 99.5 Å². The maximum absolute atomic E-state index is 14.8. The fraction of sp³-hybridized carbons (Fsp3) is 0.452. The molecule has 1 heterocycles. The Balaban J connectivity index is 1.52. The highest BCUT2D eigenvalue weighted by molar-refractivity contribution is 5.91. The van der Waals surface area contributed by atoms with E-state index in [-0.39, 0.29) is 11.3 Å². The third kappa shape index (κ3) is 8.85. The molecule has 0 atom stereocenters. The number of unbranched alkanes of at least 4 members (excludes halogenated alkanes) is 8. The van der Waals surface area contributed by atoms with Gasteiger partial charge >= 0.3 is 5.97 Å². The van der Waals surface area contributed by atoms with Crippen molar-refractivity contribution in [1.29, 1.82) is 0 Å². The average Bonchev–Trinajstić information content (AvgIpc) is 2.89. The van der Waals surface area contributed by atoms with Crippen LogP contribution in [0.15, 0.2) is 54.9 Å². The first-order chi connectivity index (χ1) is 17.6. The van der Waals surface area contributed by atoms with Crippen molar-refractivity contribution in [2.45, 2.75) is 90.9 Å². The molecule has 1 aromatic heterocycles. The number of halogens is 1. The van der Waals surface area contributed by atoms with E-state index in [2.05, 4.69) is 23.8 Å². The van der Waals surface area contributed by atoms with Gasteiger partial charge < -0.3 is 4.74 Å². The summed E-state index contributed by atoms with van der Waals surface area (Å²) in [5.74, 6) is -0.544. The Bertz CT molecular complexity index is 1060. The fourth-order valence-electron chi connectivity index (χ4n) is 4.20. The van der Waals surface area contributed by atoms with Gasteiger partial charge in [-0.3, -0.25) is 0 Å². The first kappa shape index (κ1) is 27.5. The van der Waals surface area contributed by atoms with Gasteiger partial charge in [-0.1, -0.05) is 77.3 Å². The monoisotopic (exact) mass is 490 g/mol. The van der Waals surface area contributed by atoms with Crippen LogP contribution in [0, 0.1) is 5.82 Å². The van der Waals surface area contributed by atoms with Gasteiger partial charge in [-0.2, -0.15) is 0 Å². The van der Waals surface area contributed by atoms with Crippen molar-refractivity contribution < 1.29 is 13.9 Å². The van der Waals surface area contributed by atoms with Crippen LogP contribution in [-0.2, 0) is 12.8 Å². The Morgan fingerprint density at radius 2 is 1.33 bits per heavy atom. The number of ether oxygens (including phenoxy) is 1. The zero-order chi connectivity index (χ0) is 25.6. The molecule has 0 aliphatic rings. The lowest BCUT2D eigenvalue weighted by Crippen LogP contribution is -2.09. The Labute approximate surface area is 215 Å². The van der Waals surface area contributed by atoms with E-state index in [0.29, 0.717) is 11.4 Å². The summed E-state index contributed by atoms with van der Waals surface area (Å²) < 4.78 is 20.2. The normalized spacial score (nSPS) is 11.0. The molecule has 0 saturated carbocycles. The Hall–Kier alpha value is -3.08.